The number of fused-ring (bicyclic) bond motifs is 3. The summed E-state index contributed by atoms with van der Waals surface area (Å²) in [6.45, 7) is -0.0753. The maximum atomic E-state index is 13.7. The number of halogens is 4. The van der Waals surface area contributed by atoms with Crippen LogP contribution in [0.4, 0.5) is 13.2 Å². The first-order valence-electron chi connectivity index (χ1n) is 6.80. The summed E-state index contributed by atoms with van der Waals surface area (Å²) in [5, 5.41) is 10.6. The zero-order valence-electron chi connectivity index (χ0n) is 11.8. The molecule has 1 unspecified atom stereocenters. The van der Waals surface area contributed by atoms with Gasteiger partial charge in [-0.1, -0.05) is 35.9 Å². The van der Waals surface area contributed by atoms with Crippen molar-refractivity contribution in [1.29, 1.82) is 0 Å². The van der Waals surface area contributed by atoms with E-state index in [2.05, 4.69) is 0 Å². The normalized spacial score (nSPS) is 19.6. The van der Waals surface area contributed by atoms with Crippen molar-refractivity contribution in [2.45, 2.75) is 18.4 Å². The molecular formula is C16H13ClF3NO2. The van der Waals surface area contributed by atoms with E-state index in [0.717, 1.165) is 6.07 Å². The molecule has 0 aromatic heterocycles. The highest BCUT2D eigenvalue weighted by Gasteiger charge is 2.61. The van der Waals surface area contributed by atoms with Crippen molar-refractivity contribution < 1.29 is 23.0 Å². The molecule has 0 spiro atoms. The molecule has 0 saturated heterocycles. The van der Waals surface area contributed by atoms with E-state index in [1.807, 2.05) is 0 Å². The molecule has 2 aromatic rings. The molecule has 7 heteroatoms. The highest BCUT2D eigenvalue weighted by molar-refractivity contribution is 6.31. The molecule has 122 valence electrons. The van der Waals surface area contributed by atoms with E-state index < -0.39 is 11.8 Å². The molecule has 3 nitrogen and oxygen atoms in total. The van der Waals surface area contributed by atoms with E-state index in [-0.39, 0.29) is 29.5 Å². The van der Waals surface area contributed by atoms with Crippen LogP contribution in [0.25, 0.3) is 11.1 Å². The Labute approximate surface area is 135 Å². The minimum atomic E-state index is -4.88. The van der Waals surface area contributed by atoms with E-state index in [4.69, 9.17) is 22.1 Å². The van der Waals surface area contributed by atoms with Crippen molar-refractivity contribution in [3.63, 3.8) is 0 Å². The number of aliphatic hydroxyl groups is 1. The van der Waals surface area contributed by atoms with E-state index in [0.29, 0.717) is 16.7 Å². The van der Waals surface area contributed by atoms with Crippen molar-refractivity contribution in [3.8, 4) is 11.1 Å². The lowest BCUT2D eigenvalue weighted by Gasteiger charge is -2.28. The van der Waals surface area contributed by atoms with Gasteiger partial charge >= 0.3 is 6.18 Å². The van der Waals surface area contributed by atoms with Crippen molar-refractivity contribution in [1.82, 2.24) is 0 Å². The molecule has 3 N–H and O–H groups in total. The summed E-state index contributed by atoms with van der Waals surface area (Å²) in [6, 6.07) is 8.55. The van der Waals surface area contributed by atoms with Crippen LogP contribution in [-0.2, 0) is 16.9 Å². The van der Waals surface area contributed by atoms with Gasteiger partial charge in [0.25, 0.3) is 0 Å². The lowest BCUT2D eigenvalue weighted by Crippen LogP contribution is -2.41. The van der Waals surface area contributed by atoms with Crippen LogP contribution in [0.15, 0.2) is 36.4 Å². The molecule has 1 aliphatic carbocycles. The van der Waals surface area contributed by atoms with Gasteiger partial charge in [-0.05, 0) is 28.8 Å². The van der Waals surface area contributed by atoms with Gasteiger partial charge in [0.1, 0.15) is 0 Å². The van der Waals surface area contributed by atoms with Crippen LogP contribution in [0.5, 0.6) is 0 Å². The summed E-state index contributed by atoms with van der Waals surface area (Å²) < 4.78 is 46.1. The maximum absolute atomic E-state index is 13.7. The third-order valence-electron chi connectivity index (χ3n) is 3.95. The molecule has 0 fully saturated rings. The second-order valence-electron chi connectivity index (χ2n) is 5.26. The largest absolute Gasteiger partial charge is 0.425 e. The molecule has 0 aliphatic heterocycles. The van der Waals surface area contributed by atoms with E-state index in [1.54, 1.807) is 6.07 Å². The molecule has 0 bridgehead atoms. The van der Waals surface area contributed by atoms with E-state index >= 15 is 0 Å². The van der Waals surface area contributed by atoms with Crippen LogP contribution in [0, 0.1) is 0 Å². The van der Waals surface area contributed by atoms with E-state index in [1.165, 1.54) is 24.3 Å². The first-order chi connectivity index (χ1) is 10.8. The first kappa shape index (κ1) is 16.3. The average Bonchev–Trinajstić information content (AvgIpc) is 2.76. The molecule has 1 atom stereocenters. The van der Waals surface area contributed by atoms with Crippen LogP contribution in [0.2, 0.25) is 5.02 Å². The molecule has 1 aliphatic rings. The number of ether oxygens (including phenoxy) is 1. The van der Waals surface area contributed by atoms with Crippen molar-refractivity contribution in [2.24, 2.45) is 5.73 Å². The molecule has 0 saturated carbocycles. The van der Waals surface area contributed by atoms with Gasteiger partial charge in [-0.2, -0.15) is 13.2 Å². The van der Waals surface area contributed by atoms with Gasteiger partial charge < -0.3 is 15.6 Å². The SMILES string of the molecule is NCOCc1cc(Cl)cc2c1-c1ccccc1C2(O)C(F)(F)F. The van der Waals surface area contributed by atoms with Gasteiger partial charge in [0, 0.05) is 16.1 Å². The Balaban J connectivity index is 2.34. The molecule has 2 aromatic carbocycles. The van der Waals surface area contributed by atoms with Gasteiger partial charge in [0.2, 0.25) is 5.60 Å². The summed E-state index contributed by atoms with van der Waals surface area (Å²) >= 11 is 5.96. The number of rotatable bonds is 3. The van der Waals surface area contributed by atoms with Gasteiger partial charge in [0.15, 0.2) is 0 Å². The minimum Gasteiger partial charge on any atom is -0.372 e. The predicted octanol–water partition coefficient (Wildman–Crippen LogP) is 3.55. The van der Waals surface area contributed by atoms with Crippen LogP contribution < -0.4 is 5.73 Å². The average molecular weight is 344 g/mol. The zero-order chi connectivity index (χ0) is 16.8. The molecule has 0 radical (unpaired) electrons. The fourth-order valence-corrected chi connectivity index (χ4v) is 3.26. The molecule has 0 heterocycles. The highest BCUT2D eigenvalue weighted by Crippen LogP contribution is 2.56. The van der Waals surface area contributed by atoms with Crippen LogP contribution in [0.1, 0.15) is 16.7 Å². The Morgan fingerprint density at radius 2 is 1.87 bits per heavy atom. The predicted molar refractivity (Wildman–Crippen MR) is 79.8 cm³/mol. The summed E-state index contributed by atoms with van der Waals surface area (Å²) in [5.41, 5.74) is 2.76. The lowest BCUT2D eigenvalue weighted by atomic mass is 9.90. The molecule has 3 rings (SSSR count). The fraction of sp³-hybridized carbons (Fsp3) is 0.250. The second-order valence-corrected chi connectivity index (χ2v) is 5.69. The Kier molecular flexibility index (Phi) is 3.88. The fourth-order valence-electron chi connectivity index (χ4n) is 3.02. The first-order valence-corrected chi connectivity index (χ1v) is 7.18. The standard InChI is InChI=1S/C16H13ClF3NO2/c17-10-5-9(7-23-8-21)14-11-3-1-2-4-12(11)15(22,13(14)6-10)16(18,19)20/h1-6,22H,7-8,21H2. The quantitative estimate of drug-likeness (QED) is 0.838. The minimum absolute atomic E-state index is 0.00165. The van der Waals surface area contributed by atoms with Gasteiger partial charge in [0.05, 0.1) is 13.3 Å². The summed E-state index contributed by atoms with van der Waals surface area (Å²) in [4.78, 5) is 0. The molecule has 0 amide bonds. The Bertz CT molecular complexity index is 763. The summed E-state index contributed by atoms with van der Waals surface area (Å²) in [6.07, 6.45) is -4.88. The van der Waals surface area contributed by atoms with Crippen molar-refractivity contribution in [2.75, 3.05) is 6.73 Å². The summed E-state index contributed by atoms with van der Waals surface area (Å²) in [5.74, 6) is 0. The van der Waals surface area contributed by atoms with Crippen molar-refractivity contribution in [3.05, 3.63) is 58.1 Å². The van der Waals surface area contributed by atoms with Crippen LogP contribution in [-0.4, -0.2) is 18.0 Å². The Morgan fingerprint density at radius 1 is 1.17 bits per heavy atom. The monoisotopic (exact) mass is 343 g/mol. The Morgan fingerprint density at radius 3 is 2.52 bits per heavy atom. The number of hydrogen-bond acceptors (Lipinski definition) is 3. The van der Waals surface area contributed by atoms with Crippen LogP contribution >= 0.6 is 11.6 Å². The maximum Gasteiger partial charge on any atom is 0.425 e. The number of hydrogen-bond donors (Lipinski definition) is 2. The summed E-state index contributed by atoms with van der Waals surface area (Å²) in [7, 11) is 0. The molecule has 23 heavy (non-hydrogen) atoms. The third-order valence-corrected chi connectivity index (χ3v) is 4.16. The van der Waals surface area contributed by atoms with Gasteiger partial charge in [-0.25, -0.2) is 0 Å². The number of alkyl halides is 3. The van der Waals surface area contributed by atoms with E-state index in [9.17, 15) is 18.3 Å². The second kappa shape index (κ2) is 5.49. The smallest absolute Gasteiger partial charge is 0.372 e. The zero-order valence-corrected chi connectivity index (χ0v) is 12.6. The Hall–Kier alpha value is -1.60. The lowest BCUT2D eigenvalue weighted by molar-refractivity contribution is -0.246. The topological polar surface area (TPSA) is 55.5 Å². The number of nitrogens with two attached hydrogens (primary N) is 1. The molecular weight excluding hydrogens is 331 g/mol. The van der Waals surface area contributed by atoms with Gasteiger partial charge in [-0.15, -0.1) is 0 Å². The van der Waals surface area contributed by atoms with Crippen molar-refractivity contribution >= 4 is 11.6 Å². The third kappa shape index (κ3) is 2.33. The highest BCUT2D eigenvalue weighted by atomic mass is 35.5. The van der Waals surface area contributed by atoms with Crippen LogP contribution in [0.3, 0.4) is 0 Å². The number of benzene rings is 2. The van der Waals surface area contributed by atoms with Gasteiger partial charge in [-0.3, -0.25) is 0 Å².